The molecular weight excluding hydrogens is 168 g/mol. The maximum Gasteiger partial charge on any atom is 0.0880 e. The minimum Gasteiger partial charge on any atom is -0.272 e. The Balaban J connectivity index is 4.20. The number of allylic oxidation sites excluding steroid dienone is 1. The molecule has 1 N–H and O–H groups in total. The van der Waals surface area contributed by atoms with E-state index in [1.807, 2.05) is 6.92 Å². The fourth-order valence-corrected chi connectivity index (χ4v) is 1.48. The summed E-state index contributed by atoms with van der Waals surface area (Å²) in [5.41, 5.74) is 4.40. The van der Waals surface area contributed by atoms with Gasteiger partial charge in [-0.3, -0.25) is 5.43 Å². The van der Waals surface area contributed by atoms with Gasteiger partial charge < -0.3 is 0 Å². The molecule has 0 aromatic rings. The van der Waals surface area contributed by atoms with Gasteiger partial charge in [0.15, 0.2) is 0 Å². The Kier molecular flexibility index (Phi) is 6.96. The molecule has 0 aliphatic heterocycles. The van der Waals surface area contributed by atoms with Crippen LogP contribution >= 0.6 is 11.8 Å². The smallest absolute Gasteiger partial charge is 0.0880 e. The van der Waals surface area contributed by atoms with Gasteiger partial charge in [0.25, 0.3) is 0 Å². The van der Waals surface area contributed by atoms with E-state index in [0.29, 0.717) is 0 Å². The van der Waals surface area contributed by atoms with Crippen LogP contribution in [-0.4, -0.2) is 12.0 Å². The van der Waals surface area contributed by atoms with E-state index in [9.17, 15) is 0 Å². The van der Waals surface area contributed by atoms with Crippen LogP contribution in [0.15, 0.2) is 15.7 Å². The average molecular weight is 186 g/mol. The first-order chi connectivity index (χ1) is 5.76. The van der Waals surface area contributed by atoms with Crippen LogP contribution in [0, 0.1) is 0 Å². The van der Waals surface area contributed by atoms with Gasteiger partial charge in [0.2, 0.25) is 0 Å². The summed E-state index contributed by atoms with van der Waals surface area (Å²) in [6, 6.07) is 0. The van der Waals surface area contributed by atoms with E-state index < -0.39 is 0 Å². The van der Waals surface area contributed by atoms with Crippen LogP contribution in [-0.2, 0) is 0 Å². The van der Waals surface area contributed by atoms with Crippen molar-refractivity contribution in [1.82, 2.24) is 5.43 Å². The summed E-state index contributed by atoms with van der Waals surface area (Å²) >= 11 is 1.80. The fourth-order valence-electron chi connectivity index (χ4n) is 0.679. The average Bonchev–Trinajstić information content (AvgIpc) is 2.11. The van der Waals surface area contributed by atoms with Crippen molar-refractivity contribution in [3.8, 4) is 0 Å². The molecule has 0 spiro atoms. The first-order valence-corrected chi connectivity index (χ1v) is 5.31. The highest BCUT2D eigenvalue weighted by molar-refractivity contribution is 8.03. The van der Waals surface area contributed by atoms with Gasteiger partial charge in [0, 0.05) is 6.21 Å². The highest BCUT2D eigenvalue weighted by Crippen LogP contribution is 2.18. The third kappa shape index (κ3) is 4.44. The lowest BCUT2D eigenvalue weighted by molar-refractivity contribution is 0.915. The Labute approximate surface area is 79.5 Å². The topological polar surface area (TPSA) is 24.4 Å². The largest absolute Gasteiger partial charge is 0.272 e. The molecule has 0 aromatic carbocycles. The van der Waals surface area contributed by atoms with E-state index in [2.05, 4.69) is 31.3 Å². The van der Waals surface area contributed by atoms with Gasteiger partial charge in [-0.2, -0.15) is 5.10 Å². The van der Waals surface area contributed by atoms with Gasteiger partial charge in [0.05, 0.1) is 5.03 Å². The molecule has 0 atom stereocenters. The van der Waals surface area contributed by atoms with Crippen molar-refractivity contribution in [2.24, 2.45) is 5.10 Å². The molecule has 3 heteroatoms. The molecule has 70 valence electrons. The lowest BCUT2D eigenvalue weighted by Crippen LogP contribution is -2.04. The molecule has 0 aliphatic rings. The molecule has 0 aliphatic carbocycles. The molecule has 0 radical (unpaired) electrons. The summed E-state index contributed by atoms with van der Waals surface area (Å²) in [6.45, 7) is 8.34. The Hall–Kier alpha value is -0.440. The van der Waals surface area contributed by atoms with Gasteiger partial charge in [-0.15, -0.1) is 11.8 Å². The van der Waals surface area contributed by atoms with Gasteiger partial charge in [0.1, 0.15) is 0 Å². The van der Waals surface area contributed by atoms with Gasteiger partial charge in [-0.1, -0.05) is 13.8 Å². The summed E-state index contributed by atoms with van der Waals surface area (Å²) in [5.74, 6) is 1.08. The molecule has 0 aromatic heterocycles. The predicted molar refractivity (Wildman–Crippen MR) is 58.4 cm³/mol. The minimum absolute atomic E-state index is 1.08. The van der Waals surface area contributed by atoms with Gasteiger partial charge in [-0.05, 0) is 31.6 Å². The molecule has 0 heterocycles. The van der Waals surface area contributed by atoms with E-state index in [0.717, 1.165) is 12.2 Å². The van der Waals surface area contributed by atoms with Crippen molar-refractivity contribution in [3.05, 3.63) is 10.6 Å². The van der Waals surface area contributed by atoms with E-state index in [1.54, 1.807) is 18.0 Å². The third-order valence-corrected chi connectivity index (χ3v) is 2.52. The second-order valence-electron chi connectivity index (χ2n) is 2.40. The highest BCUT2D eigenvalue weighted by atomic mass is 32.2. The lowest BCUT2D eigenvalue weighted by Gasteiger charge is -2.07. The SMILES string of the molecule is C/C=N\N/C(SCC)=C(\C)CC. The number of thioether (sulfide) groups is 1. The van der Waals surface area contributed by atoms with E-state index in [1.165, 1.54) is 10.6 Å². The normalized spacial score (nSPS) is 13.3. The van der Waals surface area contributed by atoms with E-state index >= 15 is 0 Å². The third-order valence-electron chi connectivity index (χ3n) is 1.50. The number of nitrogens with one attached hydrogen (secondary N) is 1. The number of hydrogen-bond acceptors (Lipinski definition) is 3. The first-order valence-electron chi connectivity index (χ1n) is 4.32. The van der Waals surface area contributed by atoms with E-state index in [-0.39, 0.29) is 0 Å². The van der Waals surface area contributed by atoms with Crippen LogP contribution in [0.5, 0.6) is 0 Å². The summed E-state index contributed by atoms with van der Waals surface area (Å²) < 4.78 is 0. The fraction of sp³-hybridized carbons (Fsp3) is 0.667. The summed E-state index contributed by atoms with van der Waals surface area (Å²) in [7, 11) is 0. The summed E-state index contributed by atoms with van der Waals surface area (Å²) in [6.07, 6.45) is 2.84. The standard InChI is InChI=1S/C9H18N2S/c1-5-8(4)9(12-7-3)11-10-6-2/h6,11H,5,7H2,1-4H3/b9-8-,10-6-. The zero-order chi connectivity index (χ0) is 9.40. The highest BCUT2D eigenvalue weighted by Gasteiger charge is 1.98. The lowest BCUT2D eigenvalue weighted by atomic mass is 10.3. The first kappa shape index (κ1) is 11.6. The van der Waals surface area contributed by atoms with Crippen LogP contribution < -0.4 is 5.43 Å². The Morgan fingerprint density at radius 2 is 2.17 bits per heavy atom. The number of hydrazone groups is 1. The van der Waals surface area contributed by atoms with Crippen molar-refractivity contribution in [1.29, 1.82) is 0 Å². The van der Waals surface area contributed by atoms with Crippen molar-refractivity contribution in [2.75, 3.05) is 5.75 Å². The van der Waals surface area contributed by atoms with Crippen molar-refractivity contribution in [3.63, 3.8) is 0 Å². The monoisotopic (exact) mass is 186 g/mol. The van der Waals surface area contributed by atoms with Crippen molar-refractivity contribution >= 4 is 18.0 Å². The molecule has 0 saturated heterocycles. The Morgan fingerprint density at radius 3 is 2.58 bits per heavy atom. The van der Waals surface area contributed by atoms with Crippen LogP contribution in [0.25, 0.3) is 0 Å². The Morgan fingerprint density at radius 1 is 1.50 bits per heavy atom. The number of hydrogen-bond donors (Lipinski definition) is 1. The maximum atomic E-state index is 4.01. The molecule has 12 heavy (non-hydrogen) atoms. The number of nitrogens with zero attached hydrogens (tertiary/aromatic N) is 1. The van der Waals surface area contributed by atoms with Gasteiger partial charge in [-0.25, -0.2) is 0 Å². The summed E-state index contributed by atoms with van der Waals surface area (Å²) in [5, 5.41) is 5.20. The molecule has 0 unspecified atom stereocenters. The molecule has 0 bridgehead atoms. The molecule has 0 rings (SSSR count). The predicted octanol–water partition coefficient (Wildman–Crippen LogP) is 2.98. The van der Waals surface area contributed by atoms with Crippen LogP contribution in [0.4, 0.5) is 0 Å². The van der Waals surface area contributed by atoms with Crippen LogP contribution in [0.2, 0.25) is 0 Å². The quantitative estimate of drug-likeness (QED) is 0.527. The molecular formula is C9H18N2S. The second kappa shape index (κ2) is 7.22. The van der Waals surface area contributed by atoms with Crippen molar-refractivity contribution < 1.29 is 0 Å². The maximum absolute atomic E-state index is 4.01. The molecule has 2 nitrogen and oxygen atoms in total. The van der Waals surface area contributed by atoms with Gasteiger partial charge >= 0.3 is 0 Å². The van der Waals surface area contributed by atoms with Crippen LogP contribution in [0.3, 0.4) is 0 Å². The van der Waals surface area contributed by atoms with Crippen molar-refractivity contribution in [2.45, 2.75) is 34.1 Å². The van der Waals surface area contributed by atoms with Crippen LogP contribution in [0.1, 0.15) is 34.1 Å². The number of rotatable bonds is 5. The minimum atomic E-state index is 1.08. The zero-order valence-electron chi connectivity index (χ0n) is 8.35. The molecule has 0 fully saturated rings. The molecule has 0 saturated carbocycles. The zero-order valence-corrected chi connectivity index (χ0v) is 9.16. The molecule has 0 amide bonds. The second-order valence-corrected chi connectivity index (χ2v) is 3.67. The summed E-state index contributed by atoms with van der Waals surface area (Å²) in [4.78, 5) is 0. The Bertz CT molecular complexity index is 173. The van der Waals surface area contributed by atoms with E-state index in [4.69, 9.17) is 0 Å².